The topological polar surface area (TPSA) is 59.8 Å². The molecule has 7 nitrogen and oxygen atoms in total. The van der Waals surface area contributed by atoms with Crippen LogP contribution in [0.15, 0.2) is 48.5 Å². The Morgan fingerprint density at radius 2 is 1.91 bits per heavy atom. The van der Waals surface area contributed by atoms with Crippen LogP contribution in [-0.2, 0) is 19.5 Å². The molecule has 1 aliphatic rings. The van der Waals surface area contributed by atoms with Crippen LogP contribution in [0.4, 0.5) is 0 Å². The summed E-state index contributed by atoms with van der Waals surface area (Å²) in [5.41, 5.74) is 4.92. The summed E-state index contributed by atoms with van der Waals surface area (Å²) in [6.45, 7) is 10.4. The molecule has 0 unspecified atom stereocenters. The molecule has 7 heteroatoms. The largest absolute Gasteiger partial charge is 0.497 e. The predicted octanol–water partition coefficient (Wildman–Crippen LogP) is 4.57. The number of methoxy groups -OCH3 is 2. The molecule has 0 saturated heterocycles. The lowest BCUT2D eigenvalue weighted by atomic mass is 10.0. The maximum absolute atomic E-state index is 13.6. The van der Waals surface area contributed by atoms with Crippen molar-refractivity contribution in [2.45, 2.75) is 40.3 Å². The lowest BCUT2D eigenvalue weighted by Crippen LogP contribution is -2.35. The standard InChI is InChI=1S/C28H36N4O3/c1-6-30-15-14-25-23(18-30)24(29-32(25)26-12-7-8-13-27(26)35-5)19-31(17-20(2)3)28(33)21-10-9-11-22(16-21)34-4/h7-13,16,20H,6,14-15,17-19H2,1-5H3. The fraction of sp³-hybridized carbons (Fsp3) is 0.429. The molecule has 0 radical (unpaired) electrons. The zero-order valence-corrected chi connectivity index (χ0v) is 21.5. The number of rotatable bonds is 9. The van der Waals surface area contributed by atoms with Crippen molar-refractivity contribution in [3.05, 3.63) is 71.0 Å². The van der Waals surface area contributed by atoms with Crippen molar-refractivity contribution >= 4 is 5.91 Å². The van der Waals surface area contributed by atoms with Crippen molar-refractivity contribution in [1.29, 1.82) is 0 Å². The van der Waals surface area contributed by atoms with Gasteiger partial charge in [-0.2, -0.15) is 5.10 Å². The minimum Gasteiger partial charge on any atom is -0.497 e. The van der Waals surface area contributed by atoms with Crippen molar-refractivity contribution in [3.63, 3.8) is 0 Å². The van der Waals surface area contributed by atoms with Gasteiger partial charge in [-0.3, -0.25) is 9.69 Å². The van der Waals surface area contributed by atoms with Gasteiger partial charge in [-0.25, -0.2) is 4.68 Å². The summed E-state index contributed by atoms with van der Waals surface area (Å²) >= 11 is 0. The highest BCUT2D eigenvalue weighted by Gasteiger charge is 2.28. The number of likely N-dealkylation sites (N-methyl/N-ethyl adjacent to an activating group) is 1. The number of ether oxygens (including phenoxy) is 2. The predicted molar refractivity (Wildman–Crippen MR) is 137 cm³/mol. The van der Waals surface area contributed by atoms with Crippen molar-refractivity contribution < 1.29 is 14.3 Å². The summed E-state index contributed by atoms with van der Waals surface area (Å²) in [4.78, 5) is 18.0. The highest BCUT2D eigenvalue weighted by molar-refractivity contribution is 5.94. The Hall–Kier alpha value is -3.32. The molecule has 0 fully saturated rings. The first kappa shape index (κ1) is 24.8. The number of nitrogens with zero attached hydrogens (tertiary/aromatic N) is 4. The zero-order valence-electron chi connectivity index (χ0n) is 21.5. The average molecular weight is 477 g/mol. The number of para-hydroxylation sites is 2. The first-order chi connectivity index (χ1) is 16.9. The summed E-state index contributed by atoms with van der Waals surface area (Å²) in [5, 5.41) is 5.09. The van der Waals surface area contributed by atoms with E-state index in [1.165, 1.54) is 11.3 Å². The summed E-state index contributed by atoms with van der Waals surface area (Å²) < 4.78 is 13.0. The minimum atomic E-state index is -0.0126. The van der Waals surface area contributed by atoms with Gasteiger partial charge in [0.15, 0.2) is 0 Å². The Labute approximate surface area is 208 Å². The van der Waals surface area contributed by atoms with Gasteiger partial charge in [0.05, 0.1) is 32.2 Å². The van der Waals surface area contributed by atoms with E-state index in [2.05, 4.69) is 25.7 Å². The van der Waals surface area contributed by atoms with Gasteiger partial charge in [0, 0.05) is 37.2 Å². The second kappa shape index (κ2) is 11.0. The summed E-state index contributed by atoms with van der Waals surface area (Å²) in [6, 6.07) is 15.3. The Kier molecular flexibility index (Phi) is 7.76. The lowest BCUT2D eigenvalue weighted by Gasteiger charge is -2.28. The first-order valence-electron chi connectivity index (χ1n) is 12.3. The highest BCUT2D eigenvalue weighted by atomic mass is 16.5. The number of carbonyl (C=O) groups is 1. The number of fused-ring (bicyclic) bond motifs is 1. The molecule has 0 spiro atoms. The monoisotopic (exact) mass is 476 g/mol. The molecule has 0 aliphatic carbocycles. The molecule has 1 aromatic heterocycles. The van der Waals surface area contributed by atoms with Crippen LogP contribution in [0.25, 0.3) is 5.69 Å². The number of amides is 1. The van der Waals surface area contributed by atoms with E-state index < -0.39 is 0 Å². The number of hydrogen-bond donors (Lipinski definition) is 0. The van der Waals surface area contributed by atoms with E-state index in [9.17, 15) is 4.79 Å². The molecular weight excluding hydrogens is 440 g/mol. The number of hydrogen-bond acceptors (Lipinski definition) is 5. The van der Waals surface area contributed by atoms with Gasteiger partial charge in [-0.05, 0) is 42.8 Å². The summed E-state index contributed by atoms with van der Waals surface area (Å²) in [5.74, 6) is 1.77. The maximum atomic E-state index is 13.6. The fourth-order valence-electron chi connectivity index (χ4n) is 4.72. The van der Waals surface area contributed by atoms with Gasteiger partial charge in [-0.15, -0.1) is 0 Å². The molecule has 1 aliphatic heterocycles. The summed E-state index contributed by atoms with van der Waals surface area (Å²) in [6.07, 6.45) is 0.905. The van der Waals surface area contributed by atoms with E-state index >= 15 is 0 Å². The summed E-state index contributed by atoms with van der Waals surface area (Å²) in [7, 11) is 3.30. The lowest BCUT2D eigenvalue weighted by molar-refractivity contribution is 0.0719. The third-order valence-electron chi connectivity index (χ3n) is 6.51. The molecule has 2 aromatic carbocycles. The molecular formula is C28H36N4O3. The van der Waals surface area contributed by atoms with Crippen molar-refractivity contribution in [1.82, 2.24) is 19.6 Å². The van der Waals surface area contributed by atoms with Gasteiger partial charge in [-0.1, -0.05) is 39.0 Å². The molecule has 2 heterocycles. The van der Waals surface area contributed by atoms with E-state index in [1.54, 1.807) is 20.3 Å². The third kappa shape index (κ3) is 5.35. The second-order valence-corrected chi connectivity index (χ2v) is 9.39. The number of benzene rings is 2. The quantitative estimate of drug-likeness (QED) is 0.453. The van der Waals surface area contributed by atoms with Gasteiger partial charge in [0.25, 0.3) is 5.91 Å². The van der Waals surface area contributed by atoms with Crippen molar-refractivity contribution in [2.24, 2.45) is 5.92 Å². The Morgan fingerprint density at radius 1 is 1.11 bits per heavy atom. The van der Waals surface area contributed by atoms with Gasteiger partial charge in [0.1, 0.15) is 17.2 Å². The molecule has 0 saturated carbocycles. The van der Waals surface area contributed by atoms with E-state index in [0.717, 1.165) is 43.2 Å². The Morgan fingerprint density at radius 3 is 2.63 bits per heavy atom. The second-order valence-electron chi connectivity index (χ2n) is 9.39. The molecule has 35 heavy (non-hydrogen) atoms. The minimum absolute atomic E-state index is 0.0126. The van der Waals surface area contributed by atoms with Crippen LogP contribution in [0.3, 0.4) is 0 Å². The van der Waals surface area contributed by atoms with Crippen LogP contribution in [0.5, 0.6) is 11.5 Å². The molecule has 1 amide bonds. The smallest absolute Gasteiger partial charge is 0.254 e. The van der Waals surface area contributed by atoms with Crippen LogP contribution in [0.1, 0.15) is 48.1 Å². The van der Waals surface area contributed by atoms with Crippen molar-refractivity contribution in [2.75, 3.05) is 33.9 Å². The maximum Gasteiger partial charge on any atom is 0.254 e. The van der Waals surface area contributed by atoms with Crippen LogP contribution in [-0.4, -0.2) is 59.3 Å². The third-order valence-corrected chi connectivity index (χ3v) is 6.51. The van der Waals surface area contributed by atoms with Crippen LogP contribution in [0.2, 0.25) is 0 Å². The van der Waals surface area contributed by atoms with E-state index in [4.69, 9.17) is 14.6 Å². The molecule has 0 bridgehead atoms. The zero-order chi connectivity index (χ0) is 24.9. The van der Waals surface area contributed by atoms with Gasteiger partial charge < -0.3 is 14.4 Å². The van der Waals surface area contributed by atoms with Crippen molar-refractivity contribution in [3.8, 4) is 17.2 Å². The van der Waals surface area contributed by atoms with Crippen LogP contribution >= 0.6 is 0 Å². The van der Waals surface area contributed by atoms with Crippen LogP contribution < -0.4 is 9.47 Å². The molecule has 3 aromatic rings. The number of aromatic nitrogens is 2. The Balaban J connectivity index is 1.75. The van der Waals surface area contributed by atoms with Crippen LogP contribution in [0, 0.1) is 5.92 Å². The SMILES string of the molecule is CCN1CCc2c(c(CN(CC(C)C)C(=O)c3cccc(OC)c3)nn2-c2ccccc2OC)C1. The normalized spacial score (nSPS) is 13.5. The Bertz CT molecular complexity index is 1170. The first-order valence-corrected chi connectivity index (χ1v) is 12.3. The molecule has 0 atom stereocenters. The molecule has 4 rings (SSSR count). The highest BCUT2D eigenvalue weighted by Crippen LogP contribution is 2.30. The molecule has 0 N–H and O–H groups in total. The van der Waals surface area contributed by atoms with E-state index in [0.29, 0.717) is 30.3 Å². The van der Waals surface area contributed by atoms with E-state index in [1.807, 2.05) is 52.0 Å². The van der Waals surface area contributed by atoms with Gasteiger partial charge in [0.2, 0.25) is 0 Å². The number of carbonyl (C=O) groups excluding carboxylic acids is 1. The molecule has 186 valence electrons. The van der Waals surface area contributed by atoms with Gasteiger partial charge >= 0.3 is 0 Å². The fourth-order valence-corrected chi connectivity index (χ4v) is 4.72. The average Bonchev–Trinajstić information content (AvgIpc) is 3.24. The van der Waals surface area contributed by atoms with E-state index in [-0.39, 0.29) is 5.91 Å².